The van der Waals surface area contributed by atoms with Crippen LogP contribution in [0.3, 0.4) is 0 Å². The van der Waals surface area contributed by atoms with Crippen LogP contribution in [0.2, 0.25) is 0 Å². The number of carbonyl (C=O) groups is 1. The maximum Gasteiger partial charge on any atom is 0.321 e. The molecular weight excluding hydrogens is 309 g/mol. The largest absolute Gasteiger partial charge is 0.508 e. The fourth-order valence-corrected chi connectivity index (χ4v) is 1.74. The van der Waals surface area contributed by atoms with Crippen molar-refractivity contribution in [2.75, 3.05) is 4.55 Å². The number of benzene rings is 1. The first kappa shape index (κ1) is 12.3. The molecule has 0 aliphatic carbocycles. The zero-order valence-electron chi connectivity index (χ0n) is 7.98. The van der Waals surface area contributed by atoms with E-state index in [2.05, 4.69) is 27.9 Å². The number of rotatable bonds is 5. The summed E-state index contributed by atoms with van der Waals surface area (Å²) in [5, 5.41) is 20.8. The zero-order valence-corrected chi connectivity index (χ0v) is 10.1. The van der Waals surface area contributed by atoms with Crippen molar-refractivity contribution >= 4 is 28.6 Å². The number of carboxylic acid groups (broad SMARTS) is 1. The van der Waals surface area contributed by atoms with Gasteiger partial charge in [-0.2, -0.15) is 0 Å². The van der Waals surface area contributed by atoms with Gasteiger partial charge in [0, 0.05) is 4.55 Å². The van der Waals surface area contributed by atoms with Gasteiger partial charge in [-0.25, -0.2) is 0 Å². The molecule has 0 amide bonds. The standard InChI is InChI=1S/C10H12INO3/c11-6-12-9(10(14)15)5-7-1-3-8(13)4-2-7/h1-4,9,12-13H,5-6H2,(H,14,15). The number of halogens is 1. The molecule has 0 heterocycles. The highest BCUT2D eigenvalue weighted by atomic mass is 127. The van der Waals surface area contributed by atoms with Gasteiger partial charge in [-0.3, -0.25) is 10.1 Å². The molecule has 1 atom stereocenters. The van der Waals surface area contributed by atoms with Gasteiger partial charge in [0.1, 0.15) is 11.8 Å². The van der Waals surface area contributed by atoms with Gasteiger partial charge < -0.3 is 10.2 Å². The third-order valence-corrected chi connectivity index (χ3v) is 2.44. The van der Waals surface area contributed by atoms with Crippen LogP contribution in [0.15, 0.2) is 24.3 Å². The van der Waals surface area contributed by atoms with Gasteiger partial charge in [-0.15, -0.1) is 0 Å². The fraction of sp³-hybridized carbons (Fsp3) is 0.300. The normalized spacial score (nSPS) is 12.3. The lowest BCUT2D eigenvalue weighted by Crippen LogP contribution is -2.37. The Morgan fingerprint density at radius 3 is 2.47 bits per heavy atom. The highest BCUT2D eigenvalue weighted by molar-refractivity contribution is 14.1. The fourth-order valence-electron chi connectivity index (χ4n) is 1.21. The van der Waals surface area contributed by atoms with Crippen molar-refractivity contribution in [2.24, 2.45) is 0 Å². The lowest BCUT2D eigenvalue weighted by Gasteiger charge is -2.12. The summed E-state index contributed by atoms with van der Waals surface area (Å²) >= 11 is 2.07. The van der Waals surface area contributed by atoms with Crippen LogP contribution in [0, 0.1) is 0 Å². The smallest absolute Gasteiger partial charge is 0.321 e. The summed E-state index contributed by atoms with van der Waals surface area (Å²) in [5.74, 6) is -0.674. The van der Waals surface area contributed by atoms with Crippen molar-refractivity contribution in [3.8, 4) is 5.75 Å². The first-order chi connectivity index (χ1) is 7.13. The van der Waals surface area contributed by atoms with E-state index in [0.717, 1.165) is 5.56 Å². The molecule has 0 aromatic heterocycles. The van der Waals surface area contributed by atoms with Gasteiger partial charge in [0.25, 0.3) is 0 Å². The van der Waals surface area contributed by atoms with Gasteiger partial charge in [0.15, 0.2) is 0 Å². The molecule has 1 aromatic carbocycles. The van der Waals surface area contributed by atoms with Gasteiger partial charge in [0.2, 0.25) is 0 Å². The molecule has 1 aromatic rings. The van der Waals surface area contributed by atoms with E-state index in [0.29, 0.717) is 11.0 Å². The molecular formula is C10H12INO3. The Kier molecular flexibility index (Phi) is 4.83. The maximum absolute atomic E-state index is 10.8. The Bertz CT molecular complexity index is 326. The molecule has 0 saturated carbocycles. The Labute approximate surface area is 101 Å². The molecule has 3 N–H and O–H groups in total. The van der Waals surface area contributed by atoms with Gasteiger partial charge >= 0.3 is 5.97 Å². The number of hydrogen-bond donors (Lipinski definition) is 3. The number of nitrogens with one attached hydrogen (secondary N) is 1. The molecule has 0 fully saturated rings. The molecule has 0 saturated heterocycles. The minimum atomic E-state index is -0.861. The summed E-state index contributed by atoms with van der Waals surface area (Å²) in [6, 6.07) is 5.98. The zero-order chi connectivity index (χ0) is 11.3. The second-order valence-electron chi connectivity index (χ2n) is 3.10. The maximum atomic E-state index is 10.8. The molecule has 0 spiro atoms. The average molecular weight is 321 g/mol. The molecule has 4 nitrogen and oxygen atoms in total. The number of carboxylic acids is 1. The summed E-state index contributed by atoms with van der Waals surface area (Å²) in [6.45, 7) is 0. The molecule has 5 heteroatoms. The van der Waals surface area contributed by atoms with E-state index >= 15 is 0 Å². The Morgan fingerprint density at radius 1 is 1.40 bits per heavy atom. The van der Waals surface area contributed by atoms with Gasteiger partial charge in [-0.05, 0) is 24.1 Å². The first-order valence-corrected chi connectivity index (χ1v) is 5.96. The number of alkyl halides is 1. The monoisotopic (exact) mass is 321 g/mol. The van der Waals surface area contributed by atoms with Crippen molar-refractivity contribution in [1.29, 1.82) is 0 Å². The van der Waals surface area contributed by atoms with Crippen LogP contribution in [0.4, 0.5) is 0 Å². The molecule has 0 aliphatic rings. The van der Waals surface area contributed by atoms with Crippen molar-refractivity contribution < 1.29 is 15.0 Å². The summed E-state index contributed by atoms with van der Waals surface area (Å²) < 4.78 is 0.590. The lowest BCUT2D eigenvalue weighted by molar-refractivity contribution is -0.139. The van der Waals surface area contributed by atoms with Crippen LogP contribution in [0.5, 0.6) is 5.75 Å². The van der Waals surface area contributed by atoms with E-state index in [4.69, 9.17) is 10.2 Å². The molecule has 15 heavy (non-hydrogen) atoms. The van der Waals surface area contributed by atoms with Crippen LogP contribution < -0.4 is 5.32 Å². The molecule has 1 rings (SSSR count). The molecule has 0 aliphatic heterocycles. The molecule has 0 bridgehead atoms. The second kappa shape index (κ2) is 5.92. The van der Waals surface area contributed by atoms with E-state index in [-0.39, 0.29) is 5.75 Å². The van der Waals surface area contributed by atoms with Crippen LogP contribution in [-0.4, -0.2) is 26.8 Å². The molecule has 0 radical (unpaired) electrons. The van der Waals surface area contributed by atoms with E-state index in [1.54, 1.807) is 24.3 Å². The highest BCUT2D eigenvalue weighted by Crippen LogP contribution is 2.11. The van der Waals surface area contributed by atoms with Crippen molar-refractivity contribution in [1.82, 2.24) is 5.32 Å². The highest BCUT2D eigenvalue weighted by Gasteiger charge is 2.16. The van der Waals surface area contributed by atoms with Crippen LogP contribution in [-0.2, 0) is 11.2 Å². The summed E-state index contributed by atoms with van der Waals surface area (Å²) in [4.78, 5) is 10.8. The van der Waals surface area contributed by atoms with Crippen molar-refractivity contribution in [3.05, 3.63) is 29.8 Å². The predicted octanol–water partition coefficient (Wildman–Crippen LogP) is 1.37. The second-order valence-corrected chi connectivity index (χ2v) is 3.86. The molecule has 1 unspecified atom stereocenters. The van der Waals surface area contributed by atoms with Crippen molar-refractivity contribution in [3.63, 3.8) is 0 Å². The first-order valence-electron chi connectivity index (χ1n) is 4.43. The van der Waals surface area contributed by atoms with Crippen LogP contribution in [0.1, 0.15) is 5.56 Å². The third-order valence-electron chi connectivity index (χ3n) is 2.00. The quantitative estimate of drug-likeness (QED) is 0.435. The number of aliphatic carboxylic acids is 1. The Hall–Kier alpha value is -0.820. The topological polar surface area (TPSA) is 69.6 Å². The summed E-state index contributed by atoms with van der Waals surface area (Å²) in [5.41, 5.74) is 0.887. The Morgan fingerprint density at radius 2 is 2.00 bits per heavy atom. The number of aromatic hydroxyl groups is 1. The van der Waals surface area contributed by atoms with E-state index < -0.39 is 12.0 Å². The SMILES string of the molecule is O=C(O)C(Cc1ccc(O)cc1)NCI. The van der Waals surface area contributed by atoms with Crippen LogP contribution >= 0.6 is 22.6 Å². The summed E-state index contributed by atoms with van der Waals surface area (Å²) in [6.07, 6.45) is 0.415. The minimum absolute atomic E-state index is 0.187. The van der Waals surface area contributed by atoms with E-state index in [9.17, 15) is 4.79 Å². The average Bonchev–Trinajstić information content (AvgIpc) is 2.20. The van der Waals surface area contributed by atoms with Crippen LogP contribution in [0.25, 0.3) is 0 Å². The summed E-state index contributed by atoms with van der Waals surface area (Å²) in [7, 11) is 0. The molecule has 82 valence electrons. The van der Waals surface area contributed by atoms with E-state index in [1.807, 2.05) is 0 Å². The third kappa shape index (κ3) is 4.05. The van der Waals surface area contributed by atoms with Gasteiger partial charge in [-0.1, -0.05) is 34.7 Å². The van der Waals surface area contributed by atoms with Gasteiger partial charge in [0.05, 0.1) is 0 Å². The van der Waals surface area contributed by atoms with Crippen molar-refractivity contribution in [2.45, 2.75) is 12.5 Å². The van der Waals surface area contributed by atoms with E-state index in [1.165, 1.54) is 0 Å². The Balaban J connectivity index is 2.65. The number of phenols is 1. The lowest BCUT2D eigenvalue weighted by atomic mass is 10.1. The number of phenolic OH excluding ortho intramolecular Hbond substituents is 1. The number of hydrogen-bond acceptors (Lipinski definition) is 3. The predicted molar refractivity (Wildman–Crippen MR) is 65.3 cm³/mol. The minimum Gasteiger partial charge on any atom is -0.508 e.